The van der Waals surface area contributed by atoms with Gasteiger partial charge in [-0.2, -0.15) is 16.4 Å². The molecule has 340 valence electrons. The fourth-order valence-electron chi connectivity index (χ4n) is 7.65. The summed E-state index contributed by atoms with van der Waals surface area (Å²) in [6, 6.07) is 2.10. The maximum atomic E-state index is 15.7. The van der Waals surface area contributed by atoms with Crippen molar-refractivity contribution < 1.29 is 92.1 Å². The molecule has 0 aromatic heterocycles. The second-order valence-corrected chi connectivity index (χ2v) is 17.4. The number of hydrogen-bond acceptors (Lipinski definition) is 1. The molecule has 2 nitrogen and oxygen atoms in total. The number of benzene rings is 3. The average Bonchev–Trinajstić information content (AvgIpc) is 3.72. The molecule has 0 bridgehead atoms. The summed E-state index contributed by atoms with van der Waals surface area (Å²) in [4.78, 5) is 0. The number of nitrogens with zero attached hydrogens (tertiary/aromatic N) is 2. The van der Waals surface area contributed by atoms with Crippen LogP contribution in [0.2, 0.25) is 0 Å². The van der Waals surface area contributed by atoms with Gasteiger partial charge < -0.3 is 5.41 Å². The summed E-state index contributed by atoms with van der Waals surface area (Å²) in [7, 11) is 0. The van der Waals surface area contributed by atoms with Crippen LogP contribution in [-0.2, 0) is 26.2 Å². The molecule has 6 rings (SSSR count). The summed E-state index contributed by atoms with van der Waals surface area (Å²) in [5.74, 6) is -46.0. The minimum Gasteiger partial charge on any atom is -0.807 e. The molecule has 0 aliphatic heterocycles. The van der Waals surface area contributed by atoms with E-state index in [0.29, 0.717) is 0 Å². The van der Waals surface area contributed by atoms with E-state index in [2.05, 4.69) is 6.07 Å². The first kappa shape index (κ1) is 55.3. The van der Waals surface area contributed by atoms with Crippen LogP contribution in [0.3, 0.4) is 0 Å². The zero-order chi connectivity index (χ0) is 47.6. The second kappa shape index (κ2) is 21.5. The second-order valence-electron chi connectivity index (χ2n) is 17.4. The number of rotatable bonds is 5. The van der Waals surface area contributed by atoms with Gasteiger partial charge >= 0.3 is 26.2 Å². The Bertz CT molecular complexity index is 2070. The molecule has 3 aliphatic rings. The molecule has 19 heteroatoms. The van der Waals surface area contributed by atoms with Crippen molar-refractivity contribution in [1.29, 1.82) is 5.26 Å². The zero-order valence-corrected chi connectivity index (χ0v) is 38.2. The number of halogens is 15. The summed E-state index contributed by atoms with van der Waals surface area (Å²) in [6.45, 7) is 11.4. The van der Waals surface area contributed by atoms with E-state index in [0.717, 1.165) is 13.8 Å². The Morgan fingerprint density at radius 3 is 0.825 bits per heavy atom. The monoisotopic (exact) mass is 986 g/mol. The molecule has 3 aromatic carbocycles. The van der Waals surface area contributed by atoms with Crippen molar-refractivity contribution >= 4 is 28.2 Å². The predicted octanol–water partition coefficient (Wildman–Crippen LogP) is 12.9. The summed E-state index contributed by atoms with van der Waals surface area (Å²) in [6.07, 6.45) is 9.14. The van der Waals surface area contributed by atoms with Crippen LogP contribution in [0.5, 0.6) is 0 Å². The van der Waals surface area contributed by atoms with Crippen LogP contribution in [-0.4, -0.2) is 11.9 Å². The smallest absolute Gasteiger partial charge is 0.807 e. The van der Waals surface area contributed by atoms with Crippen LogP contribution in [0.4, 0.5) is 65.9 Å². The summed E-state index contributed by atoms with van der Waals surface area (Å²) >= 11 is 0. The van der Waals surface area contributed by atoms with Crippen LogP contribution in [0.15, 0.2) is 22.2 Å². The third-order valence-corrected chi connectivity index (χ3v) is 10.7. The van der Waals surface area contributed by atoms with Crippen molar-refractivity contribution in [3.8, 4) is 6.07 Å². The van der Waals surface area contributed by atoms with Crippen LogP contribution in [0.25, 0.3) is 5.41 Å². The molecular formula is C44H44BF15N2Zr+2. The molecule has 0 unspecified atom stereocenters. The minimum atomic E-state index is -5.86. The molecule has 0 heterocycles. The van der Waals surface area contributed by atoms with Gasteiger partial charge in [-0.25, -0.2) is 65.9 Å². The van der Waals surface area contributed by atoms with Crippen molar-refractivity contribution in [3.05, 3.63) is 115 Å². The molecule has 63 heavy (non-hydrogen) atoms. The van der Waals surface area contributed by atoms with Crippen LogP contribution in [0, 0.1) is 109 Å². The van der Waals surface area contributed by atoms with Gasteiger partial charge in [-0.15, -0.1) is 16.4 Å². The van der Waals surface area contributed by atoms with Gasteiger partial charge in [-0.3, -0.25) is 0 Å². The van der Waals surface area contributed by atoms with Crippen LogP contribution in [0.1, 0.15) is 120 Å². The summed E-state index contributed by atoms with van der Waals surface area (Å²) < 4.78 is 225. The van der Waals surface area contributed by atoms with Gasteiger partial charge in [-0.1, -0.05) is 102 Å². The SMILES string of the molecule is C1CCCC1.C1CCCC1.CC(C)(C)C#N.CC1=C([B-](c2c(F)c(F)c(F)c(F)c2F)(c2c(F)c(F)c(F)c(F)c2F)c2c(F)c(F)c(F)c(F)c2F)C/1=C(\C)C(=[N-])C(C)(C)C.[Zr+4]. The average molecular weight is 988 g/mol. The summed E-state index contributed by atoms with van der Waals surface area (Å²) in [5.41, 5.74) is -13.6. The molecule has 2 saturated carbocycles. The van der Waals surface area contributed by atoms with E-state index >= 15 is 26.3 Å². The Kier molecular flexibility index (Phi) is 18.8. The van der Waals surface area contributed by atoms with Crippen LogP contribution < -0.4 is 16.4 Å². The molecule has 0 amide bonds. The first-order valence-electron chi connectivity index (χ1n) is 19.7. The van der Waals surface area contributed by atoms with Gasteiger partial charge in [0.1, 0.15) is 41.0 Å². The van der Waals surface area contributed by atoms with Crippen molar-refractivity contribution in [2.75, 3.05) is 0 Å². The van der Waals surface area contributed by atoms with E-state index in [1.807, 2.05) is 20.8 Å². The fourth-order valence-corrected chi connectivity index (χ4v) is 7.65. The maximum Gasteiger partial charge on any atom is 4.00 e. The van der Waals surface area contributed by atoms with E-state index in [-0.39, 0.29) is 31.6 Å². The fraction of sp³-hybridized carbons (Fsp3) is 0.455. The number of allylic oxidation sites excluding steroid dienone is 4. The first-order chi connectivity index (χ1) is 28.6. The molecule has 0 saturated heterocycles. The van der Waals surface area contributed by atoms with Crippen molar-refractivity contribution in [2.24, 2.45) is 10.8 Å². The van der Waals surface area contributed by atoms with Gasteiger partial charge in [0.25, 0.3) is 0 Å². The van der Waals surface area contributed by atoms with Crippen molar-refractivity contribution in [1.82, 2.24) is 0 Å². The Hall–Kier alpha value is -3.80. The molecule has 3 aliphatic carbocycles. The normalized spacial score (nSPS) is 15.6. The Morgan fingerprint density at radius 1 is 0.460 bits per heavy atom. The quantitative estimate of drug-likeness (QED) is 0.0826. The van der Waals surface area contributed by atoms with Gasteiger partial charge in [0.05, 0.1) is 6.07 Å². The van der Waals surface area contributed by atoms with Gasteiger partial charge in [0.2, 0.25) is 0 Å². The van der Waals surface area contributed by atoms with E-state index in [1.165, 1.54) is 85.0 Å². The predicted molar refractivity (Wildman–Crippen MR) is 208 cm³/mol. The molecule has 0 N–H and O–H groups in total. The molecule has 0 spiro atoms. The third kappa shape index (κ3) is 11.0. The standard InChI is InChI=1S/C29H15BF15N.C5H9N.2C5H10.Zr/c1-6-8(7(2)28(46)29(3,4)5)9(6)30(10-13(31)19(37)25(43)20(38)14(10)32,11-15(33)21(39)26(44)22(40)16(11)34)12-17(35)23(41)27(45)24(42)18(12)36;1-5(2,3)4-6;2*1-2-4-5-3-1;/h1-5H3;1-3H3;2*1-5H2;/q-2;;;;+4/b8-7+;;;;. The van der Waals surface area contributed by atoms with E-state index in [9.17, 15) is 44.9 Å². The molecule has 0 radical (unpaired) electrons. The molecular weight excluding hydrogens is 944 g/mol. The molecule has 0 atom stereocenters. The van der Waals surface area contributed by atoms with E-state index < -0.39 is 143 Å². The van der Waals surface area contributed by atoms with Gasteiger partial charge in [0, 0.05) is 5.41 Å². The number of nitriles is 1. The Morgan fingerprint density at radius 2 is 0.651 bits per heavy atom. The van der Waals surface area contributed by atoms with Crippen LogP contribution >= 0.6 is 0 Å². The Labute approximate surface area is 375 Å². The maximum absolute atomic E-state index is 15.7. The van der Waals surface area contributed by atoms with E-state index in [1.54, 1.807) is 0 Å². The third-order valence-electron chi connectivity index (χ3n) is 10.7. The molecule has 2 fully saturated rings. The number of hydrogen-bond donors (Lipinski definition) is 0. The molecule has 3 aromatic rings. The first-order valence-corrected chi connectivity index (χ1v) is 19.7. The van der Waals surface area contributed by atoms with Gasteiger partial charge in [0.15, 0.2) is 52.4 Å². The van der Waals surface area contributed by atoms with Crippen molar-refractivity contribution in [3.63, 3.8) is 0 Å². The summed E-state index contributed by atoms with van der Waals surface area (Å²) in [5, 5.41) is 18.9. The Balaban J connectivity index is 0.000000670. The minimum absolute atomic E-state index is 0. The van der Waals surface area contributed by atoms with Crippen molar-refractivity contribution in [2.45, 2.75) is 120 Å². The van der Waals surface area contributed by atoms with Gasteiger partial charge in [-0.05, 0) is 40.0 Å². The zero-order valence-electron chi connectivity index (χ0n) is 35.7. The largest absolute Gasteiger partial charge is 4.00 e. The topological polar surface area (TPSA) is 46.1 Å². The van der Waals surface area contributed by atoms with E-state index in [4.69, 9.17) is 5.26 Å².